The number of rotatable bonds is 4. The summed E-state index contributed by atoms with van der Waals surface area (Å²) in [5.41, 5.74) is 0.613. The molecule has 5 nitrogen and oxygen atoms in total. The van der Waals surface area contributed by atoms with Crippen LogP contribution in [0.3, 0.4) is 0 Å². The fraction of sp³-hybridized carbons (Fsp3) is 0.692. The van der Waals surface area contributed by atoms with Crippen molar-refractivity contribution in [1.82, 2.24) is 20.0 Å². The lowest BCUT2D eigenvalue weighted by molar-refractivity contribution is 0.0934. The molecule has 1 aromatic heterocycles. The normalized spacial score (nSPS) is 20.9. The molecule has 1 fully saturated rings. The van der Waals surface area contributed by atoms with Gasteiger partial charge in [0.1, 0.15) is 5.69 Å². The van der Waals surface area contributed by atoms with Gasteiger partial charge in [-0.2, -0.15) is 5.10 Å². The lowest BCUT2D eigenvalue weighted by Gasteiger charge is -2.30. The predicted molar refractivity (Wildman–Crippen MR) is 70.4 cm³/mol. The van der Waals surface area contributed by atoms with Crippen molar-refractivity contribution in [2.75, 3.05) is 26.2 Å². The van der Waals surface area contributed by atoms with Gasteiger partial charge in [-0.3, -0.25) is 9.48 Å². The van der Waals surface area contributed by atoms with Gasteiger partial charge in [0.15, 0.2) is 0 Å². The largest absolute Gasteiger partial charge is 0.349 e. The van der Waals surface area contributed by atoms with Crippen molar-refractivity contribution in [3.05, 3.63) is 18.0 Å². The summed E-state index contributed by atoms with van der Waals surface area (Å²) in [6.07, 6.45) is 4.25. The van der Waals surface area contributed by atoms with Gasteiger partial charge in [-0.15, -0.1) is 0 Å². The molecule has 2 rings (SSSR count). The summed E-state index contributed by atoms with van der Waals surface area (Å²) >= 11 is 0. The number of nitrogens with one attached hydrogen (secondary N) is 1. The van der Waals surface area contributed by atoms with E-state index in [1.54, 1.807) is 24.0 Å². The number of amides is 1. The van der Waals surface area contributed by atoms with Crippen molar-refractivity contribution in [2.45, 2.75) is 19.8 Å². The molecule has 2 heterocycles. The standard InChI is InChI=1S/C13H22N4O/c1-11-4-3-8-17(10-11)9-7-14-13(18)12-5-6-15-16(12)2/h5-6,11H,3-4,7-10H2,1-2H3,(H,14,18). The summed E-state index contributed by atoms with van der Waals surface area (Å²) in [6.45, 7) is 6.25. The molecule has 0 aromatic carbocycles. The van der Waals surface area contributed by atoms with E-state index in [0.29, 0.717) is 12.2 Å². The van der Waals surface area contributed by atoms with Gasteiger partial charge in [0.05, 0.1) is 0 Å². The van der Waals surface area contributed by atoms with Crippen molar-refractivity contribution in [3.63, 3.8) is 0 Å². The molecule has 1 aromatic rings. The number of likely N-dealkylation sites (tertiary alicyclic amines) is 1. The topological polar surface area (TPSA) is 50.2 Å². The first-order chi connectivity index (χ1) is 8.66. The van der Waals surface area contributed by atoms with Gasteiger partial charge < -0.3 is 10.2 Å². The van der Waals surface area contributed by atoms with Crippen LogP contribution in [0, 0.1) is 5.92 Å². The fourth-order valence-corrected chi connectivity index (χ4v) is 2.50. The Morgan fingerprint density at radius 2 is 2.44 bits per heavy atom. The third-order valence-corrected chi connectivity index (χ3v) is 3.51. The van der Waals surface area contributed by atoms with Gasteiger partial charge in [0.25, 0.3) is 5.91 Å². The second-order valence-corrected chi connectivity index (χ2v) is 5.14. The first kappa shape index (κ1) is 13.1. The number of nitrogens with zero attached hydrogens (tertiary/aromatic N) is 3. The molecule has 1 amide bonds. The van der Waals surface area contributed by atoms with Gasteiger partial charge in [0.2, 0.25) is 0 Å². The number of aromatic nitrogens is 2. The van der Waals surface area contributed by atoms with Crippen LogP contribution < -0.4 is 5.32 Å². The predicted octanol–water partition coefficient (Wildman–Crippen LogP) is 0.882. The quantitative estimate of drug-likeness (QED) is 0.863. The second-order valence-electron chi connectivity index (χ2n) is 5.14. The molecule has 1 unspecified atom stereocenters. The Morgan fingerprint density at radius 3 is 3.11 bits per heavy atom. The molecule has 0 spiro atoms. The van der Waals surface area contributed by atoms with Crippen LogP contribution in [0.1, 0.15) is 30.3 Å². The first-order valence-electron chi connectivity index (χ1n) is 6.65. The number of piperidine rings is 1. The summed E-state index contributed by atoms with van der Waals surface area (Å²) in [6, 6.07) is 1.73. The SMILES string of the molecule is CC1CCCN(CCNC(=O)c2ccnn2C)C1. The van der Waals surface area contributed by atoms with E-state index in [9.17, 15) is 4.79 Å². The molecular weight excluding hydrogens is 228 g/mol. The molecule has 1 N–H and O–H groups in total. The molecule has 18 heavy (non-hydrogen) atoms. The number of aryl methyl sites for hydroxylation is 1. The number of hydrogen-bond acceptors (Lipinski definition) is 3. The van der Waals surface area contributed by atoms with Crippen molar-refractivity contribution < 1.29 is 4.79 Å². The Kier molecular flexibility index (Phi) is 4.36. The van der Waals surface area contributed by atoms with Gasteiger partial charge >= 0.3 is 0 Å². The van der Waals surface area contributed by atoms with Crippen molar-refractivity contribution >= 4 is 5.91 Å². The Balaban J connectivity index is 1.72. The van der Waals surface area contributed by atoms with E-state index in [-0.39, 0.29) is 5.91 Å². The molecule has 5 heteroatoms. The van der Waals surface area contributed by atoms with Crippen molar-refractivity contribution in [2.24, 2.45) is 13.0 Å². The zero-order valence-electron chi connectivity index (χ0n) is 11.2. The highest BCUT2D eigenvalue weighted by molar-refractivity contribution is 5.92. The lowest BCUT2D eigenvalue weighted by Crippen LogP contribution is -2.40. The van der Waals surface area contributed by atoms with E-state index in [0.717, 1.165) is 25.6 Å². The van der Waals surface area contributed by atoms with Crippen LogP contribution in [0.15, 0.2) is 12.3 Å². The molecule has 100 valence electrons. The summed E-state index contributed by atoms with van der Waals surface area (Å²) in [5.74, 6) is 0.742. The molecule has 0 bridgehead atoms. The van der Waals surface area contributed by atoms with E-state index in [2.05, 4.69) is 22.2 Å². The minimum atomic E-state index is -0.0416. The van der Waals surface area contributed by atoms with E-state index < -0.39 is 0 Å². The zero-order valence-corrected chi connectivity index (χ0v) is 11.2. The average Bonchev–Trinajstić information content (AvgIpc) is 2.75. The van der Waals surface area contributed by atoms with Crippen LogP contribution >= 0.6 is 0 Å². The maximum Gasteiger partial charge on any atom is 0.269 e. The van der Waals surface area contributed by atoms with Crippen LogP contribution in [-0.4, -0.2) is 46.8 Å². The summed E-state index contributed by atoms with van der Waals surface area (Å²) in [5, 5.41) is 6.94. The van der Waals surface area contributed by atoms with Crippen molar-refractivity contribution in [3.8, 4) is 0 Å². The van der Waals surface area contributed by atoms with Gasteiger partial charge in [0, 0.05) is 32.9 Å². The fourth-order valence-electron chi connectivity index (χ4n) is 2.50. The summed E-state index contributed by atoms with van der Waals surface area (Å²) in [4.78, 5) is 14.3. The minimum Gasteiger partial charge on any atom is -0.349 e. The number of carbonyl (C=O) groups is 1. The zero-order chi connectivity index (χ0) is 13.0. The van der Waals surface area contributed by atoms with E-state index in [1.807, 2.05) is 0 Å². The van der Waals surface area contributed by atoms with E-state index in [4.69, 9.17) is 0 Å². The molecule has 1 aliphatic heterocycles. The molecule has 0 saturated carbocycles. The third kappa shape index (κ3) is 3.32. The monoisotopic (exact) mass is 250 g/mol. The Bertz CT molecular complexity index is 401. The van der Waals surface area contributed by atoms with Gasteiger partial charge in [-0.1, -0.05) is 6.92 Å². The van der Waals surface area contributed by atoms with Crippen molar-refractivity contribution in [1.29, 1.82) is 0 Å². The Labute approximate surface area is 108 Å². The summed E-state index contributed by atoms with van der Waals surface area (Å²) < 4.78 is 1.60. The second kappa shape index (κ2) is 6.00. The smallest absolute Gasteiger partial charge is 0.269 e. The van der Waals surface area contributed by atoms with Crippen LogP contribution in [0.5, 0.6) is 0 Å². The Morgan fingerprint density at radius 1 is 1.61 bits per heavy atom. The van der Waals surface area contributed by atoms with Crippen LogP contribution in [0.4, 0.5) is 0 Å². The number of carbonyl (C=O) groups excluding carboxylic acids is 1. The molecule has 0 aliphatic carbocycles. The highest BCUT2D eigenvalue weighted by Gasteiger charge is 2.16. The lowest BCUT2D eigenvalue weighted by atomic mass is 10.0. The average molecular weight is 250 g/mol. The molecule has 0 radical (unpaired) electrons. The molecular formula is C13H22N4O. The summed E-state index contributed by atoms with van der Waals surface area (Å²) in [7, 11) is 1.78. The maximum absolute atomic E-state index is 11.8. The molecule has 1 aliphatic rings. The first-order valence-corrected chi connectivity index (χ1v) is 6.65. The molecule has 1 atom stereocenters. The van der Waals surface area contributed by atoms with Crippen LogP contribution in [0.2, 0.25) is 0 Å². The van der Waals surface area contributed by atoms with E-state index >= 15 is 0 Å². The number of hydrogen-bond donors (Lipinski definition) is 1. The van der Waals surface area contributed by atoms with Gasteiger partial charge in [-0.05, 0) is 31.4 Å². The highest BCUT2D eigenvalue weighted by Crippen LogP contribution is 2.14. The maximum atomic E-state index is 11.8. The Hall–Kier alpha value is -1.36. The van der Waals surface area contributed by atoms with E-state index in [1.165, 1.54) is 12.8 Å². The van der Waals surface area contributed by atoms with Gasteiger partial charge in [-0.25, -0.2) is 0 Å². The van der Waals surface area contributed by atoms with Crippen LogP contribution in [0.25, 0.3) is 0 Å². The third-order valence-electron chi connectivity index (χ3n) is 3.51. The highest BCUT2D eigenvalue weighted by atomic mass is 16.2. The van der Waals surface area contributed by atoms with Crippen LogP contribution in [-0.2, 0) is 7.05 Å². The molecule has 1 saturated heterocycles. The minimum absolute atomic E-state index is 0.0416.